The summed E-state index contributed by atoms with van der Waals surface area (Å²) in [6.45, 7) is 7.94. The van der Waals surface area contributed by atoms with Crippen molar-refractivity contribution in [3.05, 3.63) is 46.7 Å². The van der Waals surface area contributed by atoms with Gasteiger partial charge < -0.3 is 16.0 Å². The van der Waals surface area contributed by atoms with E-state index in [9.17, 15) is 4.79 Å². The molecule has 3 heterocycles. The lowest BCUT2D eigenvalue weighted by molar-refractivity contribution is 0.0939. The average molecular weight is 354 g/mol. The van der Waals surface area contributed by atoms with Gasteiger partial charge in [0.15, 0.2) is 0 Å². The number of aromatic nitrogens is 3. The molecule has 3 rings (SSSR count). The average Bonchev–Trinajstić information content (AvgIpc) is 3.08. The van der Waals surface area contributed by atoms with Crippen LogP contribution in [0.15, 0.2) is 18.3 Å². The molecule has 1 aliphatic rings. The van der Waals surface area contributed by atoms with E-state index in [1.54, 1.807) is 6.20 Å². The number of hydrogen-bond acceptors (Lipinski definition) is 6. The summed E-state index contributed by atoms with van der Waals surface area (Å²) in [4.78, 5) is 27.9. The van der Waals surface area contributed by atoms with Crippen molar-refractivity contribution in [2.24, 2.45) is 5.73 Å². The SMILES string of the molecule is CCc1ccnc(CNC(=O)c2nc(C)c(C)c(N3CC[C@@H](N)C3)n2)c1. The number of anilines is 1. The Hall–Kier alpha value is -2.54. The zero-order chi connectivity index (χ0) is 18.7. The van der Waals surface area contributed by atoms with Gasteiger partial charge in [0.1, 0.15) is 5.82 Å². The van der Waals surface area contributed by atoms with E-state index in [0.717, 1.165) is 48.7 Å². The Labute approximate surface area is 154 Å². The molecule has 3 N–H and O–H groups in total. The zero-order valence-corrected chi connectivity index (χ0v) is 15.6. The third-order valence-corrected chi connectivity index (χ3v) is 4.81. The maximum absolute atomic E-state index is 12.6. The van der Waals surface area contributed by atoms with Crippen molar-refractivity contribution in [2.75, 3.05) is 18.0 Å². The molecule has 0 bridgehead atoms. The molecule has 0 radical (unpaired) electrons. The summed E-state index contributed by atoms with van der Waals surface area (Å²) in [6.07, 6.45) is 3.64. The van der Waals surface area contributed by atoms with Crippen LogP contribution in [0.4, 0.5) is 5.82 Å². The number of pyridine rings is 1. The van der Waals surface area contributed by atoms with Crippen LogP contribution in [0.25, 0.3) is 0 Å². The molecule has 1 fully saturated rings. The van der Waals surface area contributed by atoms with Crippen LogP contribution in [0.1, 0.15) is 46.5 Å². The summed E-state index contributed by atoms with van der Waals surface area (Å²) in [5.74, 6) is 0.707. The number of hydrogen-bond donors (Lipinski definition) is 2. The van der Waals surface area contributed by atoms with Crippen LogP contribution in [0.2, 0.25) is 0 Å². The van der Waals surface area contributed by atoms with E-state index >= 15 is 0 Å². The van der Waals surface area contributed by atoms with E-state index in [1.807, 2.05) is 26.0 Å². The second-order valence-electron chi connectivity index (χ2n) is 6.77. The maximum atomic E-state index is 12.6. The fraction of sp³-hybridized carbons (Fsp3) is 0.474. The van der Waals surface area contributed by atoms with Gasteiger partial charge in [-0.05, 0) is 44.4 Å². The molecule has 26 heavy (non-hydrogen) atoms. The highest BCUT2D eigenvalue weighted by atomic mass is 16.2. The lowest BCUT2D eigenvalue weighted by Gasteiger charge is -2.20. The number of nitrogens with one attached hydrogen (secondary N) is 1. The Morgan fingerprint density at radius 1 is 1.38 bits per heavy atom. The summed E-state index contributed by atoms with van der Waals surface area (Å²) in [7, 11) is 0. The summed E-state index contributed by atoms with van der Waals surface area (Å²) in [6, 6.07) is 4.13. The monoisotopic (exact) mass is 354 g/mol. The predicted molar refractivity (Wildman–Crippen MR) is 101 cm³/mol. The van der Waals surface area contributed by atoms with Gasteiger partial charge >= 0.3 is 0 Å². The molecule has 0 saturated carbocycles. The number of nitrogens with zero attached hydrogens (tertiary/aromatic N) is 4. The van der Waals surface area contributed by atoms with Crippen LogP contribution in [-0.2, 0) is 13.0 Å². The summed E-state index contributed by atoms with van der Waals surface area (Å²) < 4.78 is 0. The molecule has 7 heteroatoms. The van der Waals surface area contributed by atoms with E-state index in [4.69, 9.17) is 5.73 Å². The first-order valence-electron chi connectivity index (χ1n) is 9.05. The van der Waals surface area contributed by atoms with Crippen molar-refractivity contribution in [2.45, 2.75) is 46.2 Å². The fourth-order valence-corrected chi connectivity index (χ4v) is 3.10. The quantitative estimate of drug-likeness (QED) is 0.845. The third kappa shape index (κ3) is 3.99. The van der Waals surface area contributed by atoms with Gasteiger partial charge in [-0.1, -0.05) is 6.92 Å². The molecule has 0 aliphatic carbocycles. The van der Waals surface area contributed by atoms with Crippen molar-refractivity contribution in [1.82, 2.24) is 20.3 Å². The molecule has 7 nitrogen and oxygen atoms in total. The second kappa shape index (κ2) is 7.78. The van der Waals surface area contributed by atoms with Crippen molar-refractivity contribution in [1.29, 1.82) is 0 Å². The number of carbonyl (C=O) groups excluding carboxylic acids is 1. The number of nitrogens with two attached hydrogens (primary N) is 1. The number of rotatable bonds is 5. The smallest absolute Gasteiger partial charge is 0.289 e. The van der Waals surface area contributed by atoms with Crippen molar-refractivity contribution in [3.63, 3.8) is 0 Å². The van der Waals surface area contributed by atoms with E-state index < -0.39 is 0 Å². The van der Waals surface area contributed by atoms with Gasteiger partial charge in [0, 0.05) is 36.6 Å². The molecule has 1 amide bonds. The Kier molecular flexibility index (Phi) is 5.46. The summed E-state index contributed by atoms with van der Waals surface area (Å²) >= 11 is 0. The maximum Gasteiger partial charge on any atom is 0.289 e. The Balaban J connectivity index is 1.75. The lowest BCUT2D eigenvalue weighted by atomic mass is 10.2. The van der Waals surface area contributed by atoms with E-state index in [2.05, 4.69) is 32.1 Å². The van der Waals surface area contributed by atoms with Gasteiger partial charge in [0.05, 0.1) is 12.2 Å². The number of carbonyl (C=O) groups is 1. The van der Waals surface area contributed by atoms with E-state index in [1.165, 1.54) is 5.56 Å². The minimum Gasteiger partial charge on any atom is -0.355 e. The van der Waals surface area contributed by atoms with Crippen LogP contribution < -0.4 is 16.0 Å². The highest BCUT2D eigenvalue weighted by Crippen LogP contribution is 2.23. The van der Waals surface area contributed by atoms with Gasteiger partial charge in [0.25, 0.3) is 5.91 Å². The Morgan fingerprint density at radius 3 is 2.88 bits per heavy atom. The highest BCUT2D eigenvalue weighted by molar-refractivity contribution is 5.90. The second-order valence-corrected chi connectivity index (χ2v) is 6.77. The van der Waals surface area contributed by atoms with Crippen LogP contribution in [0, 0.1) is 13.8 Å². The minimum atomic E-state index is -0.290. The minimum absolute atomic E-state index is 0.152. The largest absolute Gasteiger partial charge is 0.355 e. The van der Waals surface area contributed by atoms with Gasteiger partial charge in [-0.15, -0.1) is 0 Å². The van der Waals surface area contributed by atoms with Crippen molar-refractivity contribution in [3.8, 4) is 0 Å². The third-order valence-electron chi connectivity index (χ3n) is 4.81. The number of aryl methyl sites for hydroxylation is 2. The molecule has 1 saturated heterocycles. The molecule has 2 aromatic rings. The first-order valence-corrected chi connectivity index (χ1v) is 9.05. The molecular weight excluding hydrogens is 328 g/mol. The first-order chi connectivity index (χ1) is 12.5. The zero-order valence-electron chi connectivity index (χ0n) is 15.6. The van der Waals surface area contributed by atoms with Crippen LogP contribution >= 0.6 is 0 Å². The topological polar surface area (TPSA) is 97.0 Å². The van der Waals surface area contributed by atoms with Crippen LogP contribution in [0.3, 0.4) is 0 Å². The van der Waals surface area contributed by atoms with Crippen LogP contribution in [-0.4, -0.2) is 40.0 Å². The van der Waals surface area contributed by atoms with Gasteiger partial charge in [-0.25, -0.2) is 9.97 Å². The molecule has 0 unspecified atom stereocenters. The molecule has 2 aromatic heterocycles. The molecule has 1 atom stereocenters. The molecule has 1 aliphatic heterocycles. The predicted octanol–water partition coefficient (Wildman–Crippen LogP) is 1.52. The molecule has 138 valence electrons. The standard InChI is InChI=1S/C19H26N6O/c1-4-14-5-7-21-16(9-14)10-22-19(26)17-23-13(3)12(2)18(24-17)25-8-6-15(20)11-25/h5,7,9,15H,4,6,8,10-11,20H2,1-3H3,(H,22,26)/t15-/m1/s1. The van der Waals surface area contributed by atoms with Gasteiger partial charge in [-0.3, -0.25) is 9.78 Å². The van der Waals surface area contributed by atoms with Crippen molar-refractivity contribution < 1.29 is 4.79 Å². The van der Waals surface area contributed by atoms with E-state index in [0.29, 0.717) is 6.54 Å². The Bertz CT molecular complexity index is 807. The molecule has 0 aromatic carbocycles. The summed E-state index contributed by atoms with van der Waals surface area (Å²) in [5, 5.41) is 2.87. The number of amides is 1. The molecular formula is C19H26N6O. The normalized spacial score (nSPS) is 16.8. The summed E-state index contributed by atoms with van der Waals surface area (Å²) in [5.41, 5.74) is 9.84. The highest BCUT2D eigenvalue weighted by Gasteiger charge is 2.24. The van der Waals surface area contributed by atoms with Gasteiger partial charge in [0.2, 0.25) is 5.82 Å². The van der Waals surface area contributed by atoms with Gasteiger partial charge in [-0.2, -0.15) is 0 Å². The van der Waals surface area contributed by atoms with Crippen LogP contribution in [0.5, 0.6) is 0 Å². The fourth-order valence-electron chi connectivity index (χ4n) is 3.10. The first kappa shape index (κ1) is 18.3. The van der Waals surface area contributed by atoms with E-state index in [-0.39, 0.29) is 17.8 Å². The Morgan fingerprint density at radius 2 is 2.19 bits per heavy atom. The molecule has 0 spiro atoms. The van der Waals surface area contributed by atoms with Crippen molar-refractivity contribution >= 4 is 11.7 Å². The lowest BCUT2D eigenvalue weighted by Crippen LogP contribution is -2.30.